The van der Waals surface area contributed by atoms with Gasteiger partial charge in [-0.25, -0.2) is 4.39 Å². The molecule has 0 radical (unpaired) electrons. The molecule has 4 nitrogen and oxygen atoms in total. The number of rotatable bonds is 3. The Hall–Kier alpha value is -1.62. The van der Waals surface area contributed by atoms with Crippen molar-refractivity contribution in [3.8, 4) is 0 Å². The van der Waals surface area contributed by atoms with E-state index < -0.39 is 5.82 Å². The van der Waals surface area contributed by atoms with E-state index in [-0.39, 0.29) is 5.91 Å². The summed E-state index contributed by atoms with van der Waals surface area (Å²) in [5.41, 5.74) is 6.44. The van der Waals surface area contributed by atoms with Gasteiger partial charge in [0.2, 0.25) is 5.91 Å². The number of nitrogens with one attached hydrogen (secondary N) is 1. The molecule has 0 aliphatic carbocycles. The average Bonchev–Trinajstić information content (AvgIpc) is 2.38. The third kappa shape index (κ3) is 3.70. The third-order valence-corrected chi connectivity index (χ3v) is 3.88. The second kappa shape index (κ2) is 6.22. The first kappa shape index (κ1) is 14.8. The van der Waals surface area contributed by atoms with Crippen LogP contribution in [-0.4, -0.2) is 29.9 Å². The molecule has 110 valence electrons. The van der Waals surface area contributed by atoms with Crippen LogP contribution >= 0.6 is 0 Å². The number of hydrogen-bond acceptors (Lipinski definition) is 3. The highest BCUT2D eigenvalue weighted by molar-refractivity contribution is 5.95. The fourth-order valence-electron chi connectivity index (χ4n) is 2.61. The van der Waals surface area contributed by atoms with E-state index in [1.807, 2.05) is 0 Å². The van der Waals surface area contributed by atoms with E-state index in [0.717, 1.165) is 13.0 Å². The van der Waals surface area contributed by atoms with Gasteiger partial charge in [-0.2, -0.15) is 0 Å². The van der Waals surface area contributed by atoms with E-state index in [1.54, 1.807) is 0 Å². The first-order chi connectivity index (χ1) is 9.45. The molecular formula is C15H22FN3O. The molecule has 0 aromatic heterocycles. The number of carbonyl (C=O) groups is 1. The summed E-state index contributed by atoms with van der Waals surface area (Å²) in [6.45, 7) is 5.58. The predicted molar refractivity (Wildman–Crippen MR) is 78.9 cm³/mol. The molecule has 2 atom stereocenters. The highest BCUT2D eigenvalue weighted by atomic mass is 19.1. The first-order valence-electron chi connectivity index (χ1n) is 7.04. The lowest BCUT2D eigenvalue weighted by atomic mass is 9.95. The molecule has 3 N–H and O–H groups in total. The van der Waals surface area contributed by atoms with Gasteiger partial charge in [-0.15, -0.1) is 0 Å². The van der Waals surface area contributed by atoms with Crippen LogP contribution in [0.5, 0.6) is 0 Å². The number of halogens is 1. The smallest absolute Gasteiger partial charge is 0.238 e. The second-order valence-electron chi connectivity index (χ2n) is 5.74. The number of hydrogen-bond donors (Lipinski definition) is 2. The highest BCUT2D eigenvalue weighted by Gasteiger charge is 2.24. The zero-order valence-corrected chi connectivity index (χ0v) is 12.0. The second-order valence-corrected chi connectivity index (χ2v) is 5.74. The monoisotopic (exact) mass is 279 g/mol. The van der Waals surface area contributed by atoms with Gasteiger partial charge < -0.3 is 11.1 Å². The molecule has 0 spiro atoms. The summed E-state index contributed by atoms with van der Waals surface area (Å²) < 4.78 is 13.2. The lowest BCUT2D eigenvalue weighted by molar-refractivity contribution is -0.118. The van der Waals surface area contributed by atoms with Gasteiger partial charge >= 0.3 is 0 Å². The number of likely N-dealkylation sites (tertiary alicyclic amines) is 1. The van der Waals surface area contributed by atoms with E-state index in [4.69, 9.17) is 5.73 Å². The fourth-order valence-corrected chi connectivity index (χ4v) is 2.61. The Morgan fingerprint density at radius 2 is 2.20 bits per heavy atom. The number of carbonyl (C=O) groups excluding carboxylic acids is 1. The minimum atomic E-state index is -0.408. The molecule has 1 aromatic rings. The van der Waals surface area contributed by atoms with Crippen LogP contribution in [-0.2, 0) is 4.79 Å². The van der Waals surface area contributed by atoms with Crippen molar-refractivity contribution in [1.82, 2.24) is 4.90 Å². The summed E-state index contributed by atoms with van der Waals surface area (Å²) in [6.07, 6.45) is 2.31. The third-order valence-electron chi connectivity index (χ3n) is 3.88. The minimum absolute atomic E-state index is 0.150. The van der Waals surface area contributed by atoms with E-state index in [9.17, 15) is 9.18 Å². The standard InChI is InChI=1S/C15H22FN3O/c1-10-3-4-11(2)19(8-10)9-15(20)18-14-7-12(16)5-6-13(14)17/h5-7,10-11H,3-4,8-9,17H2,1-2H3,(H,18,20). The maximum absolute atomic E-state index is 13.2. The van der Waals surface area contributed by atoms with E-state index >= 15 is 0 Å². The Bertz CT molecular complexity index is 492. The van der Waals surface area contributed by atoms with Crippen molar-refractivity contribution in [2.45, 2.75) is 32.7 Å². The van der Waals surface area contributed by atoms with Gasteiger partial charge in [-0.1, -0.05) is 6.92 Å². The average molecular weight is 279 g/mol. The Kier molecular flexibility index (Phi) is 4.60. The molecule has 5 heteroatoms. The minimum Gasteiger partial charge on any atom is -0.397 e. The molecule has 1 heterocycles. The van der Waals surface area contributed by atoms with Crippen LogP contribution in [0.4, 0.5) is 15.8 Å². The first-order valence-corrected chi connectivity index (χ1v) is 7.04. The summed E-state index contributed by atoms with van der Waals surface area (Å²) in [6, 6.07) is 4.38. The summed E-state index contributed by atoms with van der Waals surface area (Å²) in [4.78, 5) is 14.2. The summed E-state index contributed by atoms with van der Waals surface area (Å²) in [5, 5.41) is 2.69. The van der Waals surface area contributed by atoms with Crippen LogP contribution in [0.1, 0.15) is 26.7 Å². The Morgan fingerprint density at radius 1 is 1.45 bits per heavy atom. The molecule has 2 rings (SSSR count). The quantitative estimate of drug-likeness (QED) is 0.836. The van der Waals surface area contributed by atoms with E-state index in [2.05, 4.69) is 24.1 Å². The molecule has 1 fully saturated rings. The molecule has 1 aromatic carbocycles. The molecule has 20 heavy (non-hydrogen) atoms. The van der Waals surface area contributed by atoms with Crippen LogP contribution in [0.3, 0.4) is 0 Å². The maximum atomic E-state index is 13.2. The van der Waals surface area contributed by atoms with Crippen molar-refractivity contribution >= 4 is 17.3 Å². The number of anilines is 2. The van der Waals surface area contributed by atoms with Gasteiger partial charge in [0.1, 0.15) is 5.82 Å². The van der Waals surface area contributed by atoms with Crippen LogP contribution in [0.15, 0.2) is 18.2 Å². The number of amides is 1. The largest absolute Gasteiger partial charge is 0.397 e. The van der Waals surface area contributed by atoms with Crippen molar-refractivity contribution in [2.75, 3.05) is 24.1 Å². The highest BCUT2D eigenvalue weighted by Crippen LogP contribution is 2.22. The molecule has 0 saturated carbocycles. The molecular weight excluding hydrogens is 257 g/mol. The lowest BCUT2D eigenvalue weighted by Gasteiger charge is -2.36. The molecule has 2 unspecified atom stereocenters. The Balaban J connectivity index is 1.96. The number of nitrogen functional groups attached to an aromatic ring is 1. The topological polar surface area (TPSA) is 58.4 Å². The van der Waals surface area contributed by atoms with Gasteiger partial charge in [-0.3, -0.25) is 9.69 Å². The number of piperidine rings is 1. The lowest BCUT2D eigenvalue weighted by Crippen LogP contribution is -2.45. The molecule has 0 bridgehead atoms. The summed E-state index contributed by atoms with van der Waals surface area (Å²) >= 11 is 0. The van der Waals surface area contributed by atoms with Crippen molar-refractivity contribution in [1.29, 1.82) is 0 Å². The Labute approximate surface area is 119 Å². The van der Waals surface area contributed by atoms with Crippen molar-refractivity contribution in [2.24, 2.45) is 5.92 Å². The molecule has 1 amide bonds. The van der Waals surface area contributed by atoms with Crippen molar-refractivity contribution < 1.29 is 9.18 Å². The van der Waals surface area contributed by atoms with Gasteiger partial charge in [0.15, 0.2) is 0 Å². The van der Waals surface area contributed by atoms with Gasteiger partial charge in [-0.05, 0) is 43.9 Å². The van der Waals surface area contributed by atoms with E-state index in [1.165, 1.54) is 24.6 Å². The zero-order valence-electron chi connectivity index (χ0n) is 12.0. The molecule has 1 aliphatic heterocycles. The predicted octanol–water partition coefficient (Wildman–Crippen LogP) is 2.47. The zero-order chi connectivity index (χ0) is 14.7. The Morgan fingerprint density at radius 3 is 2.95 bits per heavy atom. The SMILES string of the molecule is CC1CCC(C)N(CC(=O)Nc2cc(F)ccc2N)C1. The van der Waals surface area contributed by atoms with Crippen LogP contribution in [0, 0.1) is 11.7 Å². The van der Waals surface area contributed by atoms with Crippen molar-refractivity contribution in [3.05, 3.63) is 24.0 Å². The van der Waals surface area contributed by atoms with E-state index in [0.29, 0.717) is 29.9 Å². The van der Waals surface area contributed by atoms with Gasteiger partial charge in [0.05, 0.1) is 17.9 Å². The number of benzene rings is 1. The normalized spacial score (nSPS) is 23.6. The fraction of sp³-hybridized carbons (Fsp3) is 0.533. The van der Waals surface area contributed by atoms with Crippen LogP contribution in [0.25, 0.3) is 0 Å². The molecule has 1 saturated heterocycles. The number of nitrogens with two attached hydrogens (primary N) is 1. The van der Waals surface area contributed by atoms with Gasteiger partial charge in [0.25, 0.3) is 0 Å². The summed E-state index contributed by atoms with van der Waals surface area (Å²) in [7, 11) is 0. The maximum Gasteiger partial charge on any atom is 0.238 e. The molecule has 1 aliphatic rings. The van der Waals surface area contributed by atoms with Crippen molar-refractivity contribution in [3.63, 3.8) is 0 Å². The van der Waals surface area contributed by atoms with Gasteiger partial charge in [0, 0.05) is 12.6 Å². The van der Waals surface area contributed by atoms with Crippen LogP contribution < -0.4 is 11.1 Å². The summed E-state index contributed by atoms with van der Waals surface area (Å²) in [5.74, 6) is 0.0518. The van der Waals surface area contributed by atoms with Crippen LogP contribution in [0.2, 0.25) is 0 Å². The number of nitrogens with zero attached hydrogens (tertiary/aromatic N) is 1.